The number of morpholine rings is 1. The fraction of sp³-hybridized carbons (Fsp3) is 0.360. The largest absolute Gasteiger partial charge is 0.497 e. The molecular weight excluding hydrogens is 438 g/mol. The number of fused-ring (bicyclic) bond motifs is 1. The molecule has 1 amide bonds. The van der Waals surface area contributed by atoms with Gasteiger partial charge >= 0.3 is 0 Å². The summed E-state index contributed by atoms with van der Waals surface area (Å²) >= 11 is 0. The molecule has 0 saturated carbocycles. The molecule has 9 nitrogen and oxygen atoms in total. The SMILES string of the molecule is COc1ccc([C@@H](CNC(=O)c2cc(-c3ccc4c(c3)OCCO4)on2)N2CCOCC2)cc1. The fourth-order valence-corrected chi connectivity index (χ4v) is 4.17. The van der Waals surface area contributed by atoms with Gasteiger partial charge in [-0.05, 0) is 35.9 Å². The van der Waals surface area contributed by atoms with Crippen LogP contribution in [0.5, 0.6) is 17.2 Å². The molecule has 2 aliphatic heterocycles. The summed E-state index contributed by atoms with van der Waals surface area (Å²) in [5.41, 5.74) is 2.08. The highest BCUT2D eigenvalue weighted by atomic mass is 16.6. The first-order valence-corrected chi connectivity index (χ1v) is 11.3. The van der Waals surface area contributed by atoms with Gasteiger partial charge in [-0.15, -0.1) is 0 Å². The third-order valence-corrected chi connectivity index (χ3v) is 6.01. The van der Waals surface area contributed by atoms with Crippen molar-refractivity contribution in [2.24, 2.45) is 0 Å². The fourth-order valence-electron chi connectivity index (χ4n) is 4.17. The van der Waals surface area contributed by atoms with E-state index in [2.05, 4.69) is 15.4 Å². The second-order valence-electron chi connectivity index (χ2n) is 8.08. The van der Waals surface area contributed by atoms with Gasteiger partial charge in [0.1, 0.15) is 19.0 Å². The van der Waals surface area contributed by atoms with Crippen LogP contribution in [-0.2, 0) is 4.74 Å². The number of nitrogens with zero attached hydrogens (tertiary/aromatic N) is 2. The first-order chi connectivity index (χ1) is 16.7. The van der Waals surface area contributed by atoms with Crippen LogP contribution in [0.3, 0.4) is 0 Å². The van der Waals surface area contributed by atoms with E-state index in [-0.39, 0.29) is 17.6 Å². The highest BCUT2D eigenvalue weighted by Gasteiger charge is 2.24. The van der Waals surface area contributed by atoms with Crippen molar-refractivity contribution < 1.29 is 28.3 Å². The zero-order chi connectivity index (χ0) is 23.3. The minimum atomic E-state index is -0.292. The predicted octanol–water partition coefficient (Wildman–Crippen LogP) is 2.92. The van der Waals surface area contributed by atoms with Gasteiger partial charge in [-0.25, -0.2) is 0 Å². The summed E-state index contributed by atoms with van der Waals surface area (Å²) in [6.07, 6.45) is 0. The molecule has 2 aliphatic rings. The van der Waals surface area contributed by atoms with E-state index < -0.39 is 0 Å². The number of hydrogen-bond donors (Lipinski definition) is 1. The van der Waals surface area contributed by atoms with E-state index in [1.165, 1.54) is 0 Å². The zero-order valence-corrected chi connectivity index (χ0v) is 19.0. The molecule has 5 rings (SSSR count). The molecule has 3 aromatic rings. The van der Waals surface area contributed by atoms with Gasteiger partial charge in [-0.1, -0.05) is 17.3 Å². The number of hydrogen-bond acceptors (Lipinski definition) is 8. The molecule has 2 aromatic carbocycles. The van der Waals surface area contributed by atoms with Crippen LogP contribution >= 0.6 is 0 Å². The summed E-state index contributed by atoms with van der Waals surface area (Å²) < 4.78 is 27.4. The molecule has 34 heavy (non-hydrogen) atoms. The molecule has 1 fully saturated rings. The van der Waals surface area contributed by atoms with E-state index in [9.17, 15) is 4.79 Å². The van der Waals surface area contributed by atoms with Gasteiger partial charge in [-0.3, -0.25) is 9.69 Å². The lowest BCUT2D eigenvalue weighted by atomic mass is 10.0. The van der Waals surface area contributed by atoms with Gasteiger partial charge in [0.05, 0.1) is 26.4 Å². The van der Waals surface area contributed by atoms with Crippen molar-refractivity contribution in [1.82, 2.24) is 15.4 Å². The highest BCUT2D eigenvalue weighted by molar-refractivity contribution is 5.93. The summed E-state index contributed by atoms with van der Waals surface area (Å²) in [6, 6.07) is 15.1. The Bertz CT molecular complexity index is 1120. The Kier molecular flexibility index (Phi) is 6.64. The summed E-state index contributed by atoms with van der Waals surface area (Å²) in [4.78, 5) is 15.2. The van der Waals surface area contributed by atoms with Crippen molar-refractivity contribution in [2.45, 2.75) is 6.04 Å². The lowest BCUT2D eigenvalue weighted by molar-refractivity contribution is 0.0162. The summed E-state index contributed by atoms with van der Waals surface area (Å²) in [6.45, 7) is 4.39. The van der Waals surface area contributed by atoms with Crippen LogP contribution in [0.4, 0.5) is 0 Å². The van der Waals surface area contributed by atoms with Gasteiger partial charge in [0.2, 0.25) is 0 Å². The summed E-state index contributed by atoms with van der Waals surface area (Å²) in [5, 5.41) is 7.00. The number of methoxy groups -OCH3 is 1. The molecule has 178 valence electrons. The van der Waals surface area contributed by atoms with Crippen LogP contribution in [-0.4, -0.2) is 69.1 Å². The van der Waals surface area contributed by atoms with Crippen LogP contribution in [0.1, 0.15) is 22.1 Å². The summed E-state index contributed by atoms with van der Waals surface area (Å²) in [7, 11) is 1.64. The number of ether oxygens (including phenoxy) is 4. The van der Waals surface area contributed by atoms with Crippen LogP contribution < -0.4 is 19.5 Å². The van der Waals surface area contributed by atoms with Crippen molar-refractivity contribution in [1.29, 1.82) is 0 Å². The number of rotatable bonds is 7. The average Bonchev–Trinajstić information content (AvgIpc) is 3.40. The Labute approximate surface area is 197 Å². The van der Waals surface area contributed by atoms with E-state index in [1.807, 2.05) is 42.5 Å². The Morgan fingerprint density at radius 2 is 1.79 bits per heavy atom. The Morgan fingerprint density at radius 3 is 2.56 bits per heavy atom. The number of amides is 1. The molecule has 0 unspecified atom stereocenters. The van der Waals surface area contributed by atoms with Crippen molar-refractivity contribution >= 4 is 5.91 Å². The normalized spacial score (nSPS) is 16.6. The number of carbonyl (C=O) groups excluding carboxylic acids is 1. The maximum atomic E-state index is 12.9. The third-order valence-electron chi connectivity index (χ3n) is 6.01. The quantitative estimate of drug-likeness (QED) is 0.569. The molecule has 3 heterocycles. The third kappa shape index (κ3) is 4.85. The first-order valence-electron chi connectivity index (χ1n) is 11.3. The second kappa shape index (κ2) is 10.1. The van der Waals surface area contributed by atoms with Crippen molar-refractivity contribution in [2.75, 3.05) is 53.2 Å². The summed E-state index contributed by atoms with van der Waals surface area (Å²) in [5.74, 6) is 2.34. The van der Waals surface area contributed by atoms with Crippen molar-refractivity contribution in [3.8, 4) is 28.6 Å². The van der Waals surface area contributed by atoms with Crippen LogP contribution in [0, 0.1) is 0 Å². The predicted molar refractivity (Wildman–Crippen MR) is 123 cm³/mol. The van der Waals surface area contributed by atoms with Gasteiger partial charge in [0.25, 0.3) is 5.91 Å². The van der Waals surface area contributed by atoms with Crippen LogP contribution in [0.2, 0.25) is 0 Å². The second-order valence-corrected chi connectivity index (χ2v) is 8.08. The van der Waals surface area contributed by atoms with Crippen molar-refractivity contribution in [3.05, 3.63) is 59.8 Å². The number of benzene rings is 2. The Morgan fingerprint density at radius 1 is 1.03 bits per heavy atom. The molecule has 0 radical (unpaired) electrons. The standard InChI is InChI=1S/C25H27N3O6/c1-30-19-5-2-17(3-6-19)21(28-8-10-31-11-9-28)16-26-25(29)20-15-23(34-27-20)18-4-7-22-24(14-18)33-13-12-32-22/h2-7,14-15,21H,8-13,16H2,1H3,(H,26,29)/t21-/m1/s1. The molecule has 1 N–H and O–H groups in total. The monoisotopic (exact) mass is 465 g/mol. The lowest BCUT2D eigenvalue weighted by Gasteiger charge is -2.34. The average molecular weight is 466 g/mol. The Balaban J connectivity index is 1.28. The molecule has 1 aromatic heterocycles. The number of nitrogens with one attached hydrogen (secondary N) is 1. The van der Waals surface area contributed by atoms with Crippen LogP contribution in [0.25, 0.3) is 11.3 Å². The Hall–Kier alpha value is -3.56. The topological polar surface area (TPSA) is 95.3 Å². The van der Waals surface area contributed by atoms with Gasteiger partial charge in [0.15, 0.2) is 23.0 Å². The molecule has 1 atom stereocenters. The molecule has 0 aliphatic carbocycles. The number of aromatic nitrogens is 1. The molecule has 9 heteroatoms. The smallest absolute Gasteiger partial charge is 0.273 e. The van der Waals surface area contributed by atoms with E-state index >= 15 is 0 Å². The first kappa shape index (κ1) is 22.2. The number of carbonyl (C=O) groups is 1. The minimum Gasteiger partial charge on any atom is -0.497 e. The van der Waals surface area contributed by atoms with Crippen LogP contribution in [0.15, 0.2) is 53.1 Å². The minimum absolute atomic E-state index is 0.00271. The molecule has 1 saturated heterocycles. The zero-order valence-electron chi connectivity index (χ0n) is 19.0. The van der Waals surface area contributed by atoms with E-state index in [0.29, 0.717) is 50.2 Å². The van der Waals surface area contributed by atoms with Crippen molar-refractivity contribution in [3.63, 3.8) is 0 Å². The van der Waals surface area contributed by atoms with Gasteiger partial charge < -0.3 is 28.8 Å². The van der Waals surface area contributed by atoms with Gasteiger partial charge in [-0.2, -0.15) is 0 Å². The lowest BCUT2D eigenvalue weighted by Crippen LogP contribution is -2.43. The molecule has 0 spiro atoms. The molecule has 0 bridgehead atoms. The highest BCUT2D eigenvalue weighted by Crippen LogP contribution is 2.34. The van der Waals surface area contributed by atoms with E-state index in [1.54, 1.807) is 13.2 Å². The van der Waals surface area contributed by atoms with Gasteiger partial charge in [0, 0.05) is 31.3 Å². The maximum Gasteiger partial charge on any atom is 0.273 e. The maximum absolute atomic E-state index is 12.9. The van der Waals surface area contributed by atoms with E-state index in [4.69, 9.17) is 23.5 Å². The van der Waals surface area contributed by atoms with E-state index in [0.717, 1.165) is 30.0 Å². The molecular formula is C25H27N3O6.